The fourth-order valence-corrected chi connectivity index (χ4v) is 22.2. The third-order valence-corrected chi connectivity index (χ3v) is 27.7. The summed E-state index contributed by atoms with van der Waals surface area (Å²) in [4.78, 5) is 21.5. The first-order chi connectivity index (χ1) is 64.5. The van der Waals surface area contributed by atoms with E-state index < -0.39 is 5.41 Å². The maximum absolute atomic E-state index is 7.14. The van der Waals surface area contributed by atoms with Crippen LogP contribution in [0.4, 0.5) is 0 Å². The van der Waals surface area contributed by atoms with Gasteiger partial charge in [0.25, 0.3) is 0 Å². The standard InChI is InChI=1S/C64H38N4O.C57H33N3O/c1-4-18-41(19-5-1)53-38-54(42-20-6-2-7-21-42)66-64(65-53)68-55-34-31-43(44-29-32-50-57(37-44)67(45-22-8-3-9-23-45)56-35-30-39-16-10-12-24-46(39)58(50)56)36-52(55)59-48-26-14-15-27-49(48)63-60(61(59)68)51-33-28-40-17-11-13-25-47(40)62(51)69-63;1-3-16-35(17-4-1)52-55-53(42-23-11-14-26-49(42)61-55)59-56(58-52)36-28-32-48-43(33-36)41-29-31-47-51(54(41)60(48)37-18-5-2-6-19-37)50-38-20-8-7-15-34(38)27-30-46(50)57(47)44-24-12-9-21-39(44)40-22-10-13-25-45(40)57/h1-38H;1-33H. The highest BCUT2D eigenvalue weighted by molar-refractivity contribution is 6.37. The Morgan fingerprint density at radius 3 is 1.44 bits per heavy atom. The number of para-hydroxylation sites is 3. The molecule has 602 valence electrons. The van der Waals surface area contributed by atoms with Gasteiger partial charge in [-0.05, 0) is 173 Å². The van der Waals surface area contributed by atoms with Gasteiger partial charge >= 0.3 is 0 Å². The summed E-state index contributed by atoms with van der Waals surface area (Å²) in [6, 6.07) is 155. The lowest BCUT2D eigenvalue weighted by Gasteiger charge is -2.30. The molecular formula is C121H71N7O2. The molecule has 0 aliphatic heterocycles. The Morgan fingerprint density at radius 1 is 0.231 bits per heavy atom. The minimum atomic E-state index is -0.482. The van der Waals surface area contributed by atoms with Crippen molar-refractivity contribution >= 4 is 153 Å². The van der Waals surface area contributed by atoms with Crippen LogP contribution in [0.1, 0.15) is 22.3 Å². The van der Waals surface area contributed by atoms with Crippen molar-refractivity contribution in [3.63, 3.8) is 0 Å². The van der Waals surface area contributed by atoms with E-state index in [-0.39, 0.29) is 0 Å². The molecule has 0 saturated carbocycles. The molecule has 0 bridgehead atoms. The summed E-state index contributed by atoms with van der Waals surface area (Å²) in [5, 5.41) is 19.5. The van der Waals surface area contributed by atoms with Crippen molar-refractivity contribution in [1.29, 1.82) is 0 Å². The molecule has 1 spiro atoms. The molecular weight excluding hydrogens is 1580 g/mol. The number of furan rings is 2. The lowest BCUT2D eigenvalue weighted by molar-refractivity contribution is 0.667. The van der Waals surface area contributed by atoms with Crippen LogP contribution in [0.3, 0.4) is 0 Å². The molecule has 20 aromatic carbocycles. The monoisotopic (exact) mass is 1650 g/mol. The zero-order valence-corrected chi connectivity index (χ0v) is 69.9. The molecule has 2 aliphatic carbocycles. The highest BCUT2D eigenvalue weighted by Crippen LogP contribution is 2.66. The Morgan fingerprint density at radius 2 is 0.731 bits per heavy atom. The second-order valence-corrected chi connectivity index (χ2v) is 34.4. The van der Waals surface area contributed by atoms with Gasteiger partial charge in [0.1, 0.15) is 28.0 Å². The van der Waals surface area contributed by atoms with Gasteiger partial charge in [0.2, 0.25) is 5.95 Å². The number of aromatic nitrogens is 7. The molecule has 7 aromatic heterocycles. The quantitative estimate of drug-likeness (QED) is 0.150. The van der Waals surface area contributed by atoms with E-state index in [9.17, 15) is 0 Å². The summed E-state index contributed by atoms with van der Waals surface area (Å²) in [6.07, 6.45) is 0. The maximum Gasteiger partial charge on any atom is 0.235 e. The summed E-state index contributed by atoms with van der Waals surface area (Å²) in [6.45, 7) is 0. The molecule has 0 N–H and O–H groups in total. The van der Waals surface area contributed by atoms with Crippen LogP contribution in [0.15, 0.2) is 440 Å². The van der Waals surface area contributed by atoms with Crippen molar-refractivity contribution in [2.75, 3.05) is 0 Å². The van der Waals surface area contributed by atoms with Crippen LogP contribution in [0.25, 0.3) is 248 Å². The van der Waals surface area contributed by atoms with Gasteiger partial charge in [-0.1, -0.05) is 340 Å². The van der Waals surface area contributed by atoms with Crippen molar-refractivity contribution in [1.82, 2.24) is 33.6 Å². The molecule has 9 heteroatoms. The van der Waals surface area contributed by atoms with Crippen LogP contribution in [-0.4, -0.2) is 33.6 Å². The fourth-order valence-electron chi connectivity index (χ4n) is 22.2. The first kappa shape index (κ1) is 72.0. The van der Waals surface area contributed by atoms with Crippen molar-refractivity contribution in [3.8, 4) is 95.9 Å². The van der Waals surface area contributed by atoms with E-state index in [1.54, 1.807) is 0 Å². The molecule has 0 radical (unpaired) electrons. The summed E-state index contributed by atoms with van der Waals surface area (Å²) >= 11 is 0. The predicted molar refractivity (Wildman–Crippen MR) is 535 cm³/mol. The molecule has 0 fully saturated rings. The minimum Gasteiger partial charge on any atom is -0.455 e. The smallest absolute Gasteiger partial charge is 0.235 e. The Labute approximate surface area is 744 Å². The topological polar surface area (TPSA) is 92.6 Å². The Balaban J connectivity index is 0.000000132. The van der Waals surface area contributed by atoms with Gasteiger partial charge in [0, 0.05) is 93.1 Å². The van der Waals surface area contributed by atoms with E-state index >= 15 is 0 Å². The second kappa shape index (κ2) is 27.8. The second-order valence-electron chi connectivity index (χ2n) is 34.4. The molecule has 130 heavy (non-hydrogen) atoms. The van der Waals surface area contributed by atoms with Gasteiger partial charge in [0.15, 0.2) is 11.4 Å². The highest BCUT2D eigenvalue weighted by Gasteiger charge is 2.53. The summed E-state index contributed by atoms with van der Waals surface area (Å²) in [5.41, 5.74) is 31.7. The highest BCUT2D eigenvalue weighted by atomic mass is 16.3. The van der Waals surface area contributed by atoms with Gasteiger partial charge in [-0.3, -0.25) is 4.57 Å². The molecule has 0 amide bonds. The van der Waals surface area contributed by atoms with Gasteiger partial charge in [-0.25, -0.2) is 19.9 Å². The number of nitrogens with zero attached hydrogens (tertiary/aromatic N) is 7. The summed E-state index contributed by atoms with van der Waals surface area (Å²) < 4.78 is 20.8. The number of rotatable bonds is 8. The van der Waals surface area contributed by atoms with Gasteiger partial charge in [-0.15, -0.1) is 0 Å². The van der Waals surface area contributed by atoms with E-state index in [4.69, 9.17) is 28.8 Å². The zero-order chi connectivity index (χ0) is 85.0. The Hall–Kier alpha value is -17.4. The molecule has 29 rings (SSSR count). The van der Waals surface area contributed by atoms with Crippen LogP contribution >= 0.6 is 0 Å². The third-order valence-electron chi connectivity index (χ3n) is 27.7. The molecule has 9 nitrogen and oxygen atoms in total. The van der Waals surface area contributed by atoms with E-state index in [0.29, 0.717) is 17.4 Å². The van der Waals surface area contributed by atoms with Crippen molar-refractivity contribution < 1.29 is 8.83 Å². The first-order valence-electron chi connectivity index (χ1n) is 44.4. The van der Waals surface area contributed by atoms with E-state index in [1.165, 1.54) is 93.2 Å². The normalized spacial score (nSPS) is 12.7. The van der Waals surface area contributed by atoms with Crippen LogP contribution < -0.4 is 0 Å². The van der Waals surface area contributed by atoms with E-state index in [0.717, 1.165) is 160 Å². The lowest BCUT2D eigenvalue weighted by atomic mass is 9.70. The van der Waals surface area contributed by atoms with Gasteiger partial charge < -0.3 is 18.0 Å². The molecule has 7 heterocycles. The Kier molecular flexibility index (Phi) is 15.4. The number of benzene rings is 20. The third kappa shape index (κ3) is 10.3. The molecule has 27 aromatic rings. The molecule has 2 aliphatic rings. The van der Waals surface area contributed by atoms with Crippen molar-refractivity contribution in [2.45, 2.75) is 5.41 Å². The first-order valence-corrected chi connectivity index (χ1v) is 44.4. The number of hydrogen-bond acceptors (Lipinski definition) is 6. The average molecular weight is 1650 g/mol. The van der Waals surface area contributed by atoms with Gasteiger partial charge in [0.05, 0.1) is 55.3 Å². The van der Waals surface area contributed by atoms with Crippen LogP contribution in [0.5, 0.6) is 0 Å². The minimum absolute atomic E-state index is 0.482. The van der Waals surface area contributed by atoms with E-state index in [1.807, 2.05) is 48.5 Å². The van der Waals surface area contributed by atoms with Crippen LogP contribution in [-0.2, 0) is 5.41 Å². The summed E-state index contributed by atoms with van der Waals surface area (Å²) in [7, 11) is 0. The maximum atomic E-state index is 7.14. The molecule has 0 atom stereocenters. The molecule has 0 unspecified atom stereocenters. The van der Waals surface area contributed by atoms with Crippen molar-refractivity contribution in [3.05, 3.63) is 453 Å². The number of fused-ring (bicyclic) bond motifs is 36. The largest absolute Gasteiger partial charge is 0.455 e. The molecule has 0 saturated heterocycles. The van der Waals surface area contributed by atoms with Crippen LogP contribution in [0.2, 0.25) is 0 Å². The number of hydrogen-bond donors (Lipinski definition) is 0. The van der Waals surface area contributed by atoms with Crippen molar-refractivity contribution in [2.24, 2.45) is 0 Å². The SMILES string of the molecule is c1ccc(-c2cc(-c3ccccc3)nc(-n3c4ccc(-c5ccc6c7c8ccccc8ccc7n(-c7ccccc7)c6c5)cc4c4c5ccccc5c5oc6c7ccccc7ccc6c5c43)n2)cc1.c1ccc(-c2nc(-c3ccc4c(c3)c3ccc5c(c3n4-c3ccccc3)-c3c(ccc4ccccc34)C53c4ccccc4-c4ccccc43)nc3c2oc2ccccc23)cc1. The zero-order valence-electron chi connectivity index (χ0n) is 69.9. The fraction of sp³-hybridized carbons (Fsp3) is 0.00826. The van der Waals surface area contributed by atoms with E-state index in [2.05, 4.69) is 396 Å². The average Bonchev–Trinajstić information content (AvgIpc) is 1.49. The summed E-state index contributed by atoms with van der Waals surface area (Å²) in [5.74, 6) is 1.26. The lowest BCUT2D eigenvalue weighted by Crippen LogP contribution is -2.25. The van der Waals surface area contributed by atoms with Gasteiger partial charge in [-0.2, -0.15) is 0 Å². The van der Waals surface area contributed by atoms with Crippen LogP contribution in [0, 0.1) is 0 Å². The predicted octanol–water partition coefficient (Wildman–Crippen LogP) is 31.3. The Bertz CT molecular complexity index is 9390.